The fraction of sp³-hybridized carbons (Fsp3) is 0.364. The highest BCUT2D eigenvalue weighted by Crippen LogP contribution is 2.29. The van der Waals surface area contributed by atoms with Gasteiger partial charge in [-0.3, -0.25) is 15.1 Å². The summed E-state index contributed by atoms with van der Waals surface area (Å²) >= 11 is 1.12. The van der Waals surface area contributed by atoms with Crippen molar-refractivity contribution < 1.29 is 27.1 Å². The van der Waals surface area contributed by atoms with Gasteiger partial charge in [-0.15, -0.1) is 38.0 Å². The molecule has 2 aromatic carbocycles. The Morgan fingerprint density at radius 2 is 1.74 bits per heavy atom. The number of thiazole rings is 1. The number of hydrogen-bond donors (Lipinski definition) is 1. The number of fused-ring (bicyclic) bond motifs is 1. The third kappa shape index (κ3) is 6.94. The molecule has 0 atom stereocenters. The van der Waals surface area contributed by atoms with Crippen LogP contribution >= 0.6 is 36.2 Å². The van der Waals surface area contributed by atoms with E-state index in [1.54, 1.807) is 6.07 Å². The second-order valence-electron chi connectivity index (χ2n) is 7.84. The Kier molecular flexibility index (Phi) is 9.53. The average Bonchev–Trinajstić information content (AvgIpc) is 3.03. The van der Waals surface area contributed by atoms with E-state index >= 15 is 0 Å². The third-order valence-corrected chi connectivity index (χ3v) is 6.55. The third-order valence-electron chi connectivity index (χ3n) is 5.59. The van der Waals surface area contributed by atoms with Crippen LogP contribution < -0.4 is 9.54 Å². The van der Waals surface area contributed by atoms with Gasteiger partial charge in [0, 0.05) is 12.1 Å². The van der Waals surface area contributed by atoms with Crippen LogP contribution in [0.1, 0.15) is 23.2 Å². The molecule has 0 unspecified atom stereocenters. The van der Waals surface area contributed by atoms with Crippen LogP contribution in [0.3, 0.4) is 0 Å². The monoisotopic (exact) mass is 539 g/mol. The molecule has 186 valence electrons. The number of carbonyl (C=O) groups is 1. The molecule has 5 nitrogen and oxygen atoms in total. The Morgan fingerprint density at radius 1 is 1.09 bits per heavy atom. The number of benzene rings is 2. The average molecular weight is 540 g/mol. The molecule has 0 saturated carbocycles. The minimum atomic E-state index is -4.75. The van der Waals surface area contributed by atoms with Crippen molar-refractivity contribution in [2.75, 3.05) is 19.6 Å². The molecule has 2 heterocycles. The van der Waals surface area contributed by atoms with Gasteiger partial charge in [0.1, 0.15) is 11.6 Å². The number of Topliss-reactive ketones (excluding diaryl/α,β-unsaturated/α-hetero) is 1. The molecule has 1 N–H and O–H groups in total. The summed E-state index contributed by atoms with van der Waals surface area (Å²) in [5.41, 5.74) is 1.20. The van der Waals surface area contributed by atoms with Gasteiger partial charge in [-0.05, 0) is 74.3 Å². The molecule has 12 heteroatoms. The van der Waals surface area contributed by atoms with E-state index < -0.39 is 6.36 Å². The van der Waals surface area contributed by atoms with Crippen molar-refractivity contribution >= 4 is 52.2 Å². The van der Waals surface area contributed by atoms with Gasteiger partial charge in [-0.25, -0.2) is 4.39 Å². The molecular weight excluding hydrogens is 517 g/mol. The zero-order valence-corrected chi connectivity index (χ0v) is 20.3. The van der Waals surface area contributed by atoms with Crippen LogP contribution in [0.4, 0.5) is 17.6 Å². The van der Waals surface area contributed by atoms with Crippen LogP contribution in [0.5, 0.6) is 5.75 Å². The van der Waals surface area contributed by atoms with Gasteiger partial charge >= 0.3 is 6.36 Å². The highest BCUT2D eigenvalue weighted by atomic mass is 35.5. The Balaban J connectivity index is 0.00000204. The summed E-state index contributed by atoms with van der Waals surface area (Å²) in [5, 5.41) is 8.25. The summed E-state index contributed by atoms with van der Waals surface area (Å²) in [4.78, 5) is 14.7. The number of likely N-dealkylation sites (tertiary alicyclic amines) is 1. The van der Waals surface area contributed by atoms with Crippen molar-refractivity contribution in [2.24, 2.45) is 5.92 Å². The first-order chi connectivity index (χ1) is 15.2. The second-order valence-corrected chi connectivity index (χ2v) is 8.88. The Bertz CT molecular complexity index is 1170. The van der Waals surface area contributed by atoms with Crippen LogP contribution in [-0.4, -0.2) is 41.2 Å². The first-order valence-corrected chi connectivity index (χ1v) is 10.9. The van der Waals surface area contributed by atoms with Crippen LogP contribution in [0, 0.1) is 17.1 Å². The summed E-state index contributed by atoms with van der Waals surface area (Å²) in [6.07, 6.45) is -3.07. The molecular formula is C22H23Cl2F4N3O2S. The fourth-order valence-corrected chi connectivity index (χ4v) is 4.91. The van der Waals surface area contributed by atoms with Gasteiger partial charge in [-0.1, -0.05) is 11.3 Å². The van der Waals surface area contributed by atoms with Crippen molar-refractivity contribution in [3.8, 4) is 5.75 Å². The summed E-state index contributed by atoms with van der Waals surface area (Å²) < 4.78 is 56.8. The van der Waals surface area contributed by atoms with E-state index in [9.17, 15) is 22.4 Å². The number of nitrogens with zero attached hydrogens (tertiary/aromatic N) is 2. The molecule has 0 radical (unpaired) electrons. The van der Waals surface area contributed by atoms with Gasteiger partial charge in [0.25, 0.3) is 0 Å². The fourth-order valence-electron chi connectivity index (χ4n) is 3.96. The predicted molar refractivity (Wildman–Crippen MR) is 127 cm³/mol. The topological polar surface area (TPSA) is 58.3 Å². The van der Waals surface area contributed by atoms with Crippen molar-refractivity contribution in [1.82, 2.24) is 9.47 Å². The molecule has 1 aliphatic heterocycles. The predicted octanol–water partition coefficient (Wildman–Crippen LogP) is 5.66. The van der Waals surface area contributed by atoms with Crippen LogP contribution in [0.2, 0.25) is 0 Å². The minimum Gasteiger partial charge on any atom is -0.406 e. The number of rotatable bonds is 6. The molecule has 3 aromatic rings. The van der Waals surface area contributed by atoms with E-state index in [0.29, 0.717) is 28.2 Å². The lowest BCUT2D eigenvalue weighted by atomic mass is 9.96. The minimum absolute atomic E-state index is 0. The summed E-state index contributed by atoms with van der Waals surface area (Å²) in [6.45, 7) is 2.34. The van der Waals surface area contributed by atoms with E-state index in [1.165, 1.54) is 36.4 Å². The van der Waals surface area contributed by atoms with Crippen molar-refractivity contribution in [2.45, 2.75) is 25.7 Å². The van der Waals surface area contributed by atoms with Gasteiger partial charge in [0.2, 0.25) is 0 Å². The quantitative estimate of drug-likeness (QED) is 0.325. The van der Waals surface area contributed by atoms with Crippen molar-refractivity contribution in [3.05, 3.63) is 58.6 Å². The lowest BCUT2D eigenvalue weighted by Crippen LogP contribution is -2.38. The maximum Gasteiger partial charge on any atom is 0.573 e. The van der Waals surface area contributed by atoms with E-state index in [-0.39, 0.29) is 53.5 Å². The van der Waals surface area contributed by atoms with E-state index in [0.717, 1.165) is 37.3 Å². The zero-order valence-electron chi connectivity index (χ0n) is 17.8. The number of alkyl halides is 3. The number of ether oxygens (including phenoxy) is 1. The number of piperidine rings is 1. The highest BCUT2D eigenvalue weighted by molar-refractivity contribution is 7.16. The van der Waals surface area contributed by atoms with E-state index in [2.05, 4.69) is 9.64 Å². The van der Waals surface area contributed by atoms with Crippen molar-refractivity contribution in [3.63, 3.8) is 0 Å². The molecule has 1 aliphatic rings. The smallest absolute Gasteiger partial charge is 0.406 e. The highest BCUT2D eigenvalue weighted by Gasteiger charge is 2.31. The SMILES string of the molecule is Cl.Cl.N=c1sc2cc(OC(F)(F)F)ccc2n1CC1CCN(CC(=O)c2ccc(F)cc2)CC1. The first-order valence-electron chi connectivity index (χ1n) is 10.1. The maximum absolute atomic E-state index is 13.0. The molecule has 1 fully saturated rings. The van der Waals surface area contributed by atoms with Gasteiger partial charge in [0.05, 0.1) is 16.8 Å². The molecule has 4 rings (SSSR count). The number of ketones is 1. The summed E-state index contributed by atoms with van der Waals surface area (Å²) in [6, 6.07) is 9.67. The second kappa shape index (κ2) is 11.5. The van der Waals surface area contributed by atoms with Crippen molar-refractivity contribution in [1.29, 1.82) is 5.41 Å². The number of hydrogen-bond acceptors (Lipinski definition) is 5. The largest absolute Gasteiger partial charge is 0.573 e. The number of halogens is 6. The van der Waals surface area contributed by atoms with Gasteiger partial charge in [-0.2, -0.15) is 0 Å². The molecule has 0 spiro atoms. The normalized spacial score (nSPS) is 14.9. The zero-order chi connectivity index (χ0) is 22.9. The number of aromatic nitrogens is 1. The van der Waals surface area contributed by atoms with Gasteiger partial charge in [0.15, 0.2) is 10.6 Å². The number of carbonyl (C=O) groups excluding carboxylic acids is 1. The van der Waals surface area contributed by atoms with Crippen LogP contribution in [0.15, 0.2) is 42.5 Å². The first kappa shape index (κ1) is 28.1. The molecule has 0 aliphatic carbocycles. The van der Waals surface area contributed by atoms with E-state index in [4.69, 9.17) is 5.41 Å². The van der Waals surface area contributed by atoms with Crippen LogP contribution in [-0.2, 0) is 6.54 Å². The summed E-state index contributed by atoms with van der Waals surface area (Å²) in [7, 11) is 0. The molecule has 0 bridgehead atoms. The Hall–Kier alpha value is -2.14. The lowest BCUT2D eigenvalue weighted by Gasteiger charge is -2.31. The number of nitrogens with one attached hydrogen (secondary N) is 1. The molecule has 0 amide bonds. The maximum atomic E-state index is 13.0. The Labute approximate surface area is 209 Å². The molecule has 1 aromatic heterocycles. The van der Waals surface area contributed by atoms with Gasteiger partial charge < -0.3 is 9.30 Å². The standard InChI is InChI=1S/C22H21F4N3O2S.2ClH/c23-16-3-1-15(2-4-16)19(30)13-28-9-7-14(8-10-28)12-29-18-6-5-17(31-22(24,25)26)11-20(18)32-21(29)27;;/h1-6,11,14,27H,7-10,12-13H2;2*1H. The lowest BCUT2D eigenvalue weighted by molar-refractivity contribution is -0.274. The Morgan fingerprint density at radius 3 is 2.35 bits per heavy atom. The summed E-state index contributed by atoms with van der Waals surface area (Å²) in [5.74, 6) is -0.423. The molecule has 34 heavy (non-hydrogen) atoms. The van der Waals surface area contributed by atoms with Crippen LogP contribution in [0.25, 0.3) is 10.2 Å². The van der Waals surface area contributed by atoms with E-state index in [1.807, 2.05) is 4.57 Å². The molecule has 1 saturated heterocycles.